The maximum atomic E-state index is 13.0. The molecule has 0 unspecified atom stereocenters. The van der Waals surface area contributed by atoms with Crippen molar-refractivity contribution in [1.82, 2.24) is 0 Å². The second-order valence-corrected chi connectivity index (χ2v) is 3.10. The summed E-state index contributed by atoms with van der Waals surface area (Å²) in [5.41, 5.74) is 1.17. The highest BCUT2D eigenvalue weighted by molar-refractivity contribution is 5.48. The Hall–Kier alpha value is -1.36. The minimum atomic E-state index is -0.380. The summed E-state index contributed by atoms with van der Waals surface area (Å²) in [7, 11) is 0. The molecule has 0 radical (unpaired) electrons. The number of hydrogen-bond donors (Lipinski definition) is 0. The first-order valence-corrected chi connectivity index (χ1v) is 3.98. The zero-order valence-corrected chi connectivity index (χ0v) is 6.55. The molecule has 1 aromatic carbocycles. The molecule has 0 bridgehead atoms. The van der Waals surface area contributed by atoms with Crippen LogP contribution >= 0.6 is 0 Å². The molecular weight excluding hydrogens is 153 g/mol. The Balaban J connectivity index is 2.38. The first-order chi connectivity index (χ1) is 5.81. The molecule has 1 aliphatic carbocycles. The number of rotatable bonds is 1. The smallest absolute Gasteiger partial charge is 0.222 e. The van der Waals surface area contributed by atoms with Gasteiger partial charge in [0, 0.05) is 0 Å². The van der Waals surface area contributed by atoms with E-state index in [0.717, 1.165) is 18.4 Å². The molecule has 0 N–H and O–H groups in total. The van der Waals surface area contributed by atoms with Gasteiger partial charge in [-0.05, 0) is 30.4 Å². The lowest BCUT2D eigenvalue weighted by atomic mass is 10.1. The van der Waals surface area contributed by atoms with E-state index in [1.807, 2.05) is 6.07 Å². The van der Waals surface area contributed by atoms with E-state index >= 15 is 0 Å². The predicted octanol–water partition coefficient (Wildman–Crippen LogP) is 3.25. The first-order valence-electron chi connectivity index (χ1n) is 3.98. The van der Waals surface area contributed by atoms with E-state index in [0.29, 0.717) is 5.92 Å². The minimum absolute atomic E-state index is 0.124. The molecule has 1 aromatic rings. The van der Waals surface area contributed by atoms with E-state index in [4.69, 9.17) is 6.57 Å². The summed E-state index contributed by atoms with van der Waals surface area (Å²) in [6.07, 6.45) is 2.33. The Morgan fingerprint density at radius 3 is 2.67 bits per heavy atom. The van der Waals surface area contributed by atoms with Gasteiger partial charge in [0.25, 0.3) is 0 Å². The predicted molar refractivity (Wildman–Crippen MR) is 44.6 cm³/mol. The second-order valence-electron chi connectivity index (χ2n) is 3.10. The minimum Gasteiger partial charge on any atom is -0.235 e. The van der Waals surface area contributed by atoms with Crippen LogP contribution in [0.2, 0.25) is 0 Å². The van der Waals surface area contributed by atoms with Crippen molar-refractivity contribution in [3.8, 4) is 0 Å². The highest BCUT2D eigenvalue weighted by atomic mass is 19.1. The van der Waals surface area contributed by atoms with Gasteiger partial charge < -0.3 is 0 Å². The molecule has 0 saturated heterocycles. The highest BCUT2D eigenvalue weighted by Gasteiger charge is 2.23. The summed E-state index contributed by atoms with van der Waals surface area (Å²) in [6, 6.07) is 4.91. The van der Waals surface area contributed by atoms with E-state index < -0.39 is 0 Å². The Morgan fingerprint density at radius 1 is 1.42 bits per heavy atom. The number of benzene rings is 1. The molecule has 1 saturated carbocycles. The lowest BCUT2D eigenvalue weighted by molar-refractivity contribution is 0.631. The number of nitrogens with zero attached hydrogens (tertiary/aromatic N) is 1. The SMILES string of the molecule is [C-]#[N+]c1ccc(C2CC2)cc1F. The van der Waals surface area contributed by atoms with Crippen LogP contribution in [-0.4, -0.2) is 0 Å². The summed E-state index contributed by atoms with van der Waals surface area (Å²) in [4.78, 5) is 3.07. The van der Waals surface area contributed by atoms with Crippen LogP contribution in [0.15, 0.2) is 18.2 Å². The van der Waals surface area contributed by atoms with Gasteiger partial charge in [-0.1, -0.05) is 12.1 Å². The van der Waals surface area contributed by atoms with Crippen LogP contribution < -0.4 is 0 Å². The molecule has 1 aliphatic rings. The molecule has 0 spiro atoms. The Bertz CT molecular complexity index is 347. The van der Waals surface area contributed by atoms with Gasteiger partial charge >= 0.3 is 0 Å². The fourth-order valence-electron chi connectivity index (χ4n) is 1.28. The van der Waals surface area contributed by atoms with Crippen molar-refractivity contribution < 1.29 is 4.39 Å². The second kappa shape index (κ2) is 2.60. The molecule has 1 nitrogen and oxygen atoms in total. The van der Waals surface area contributed by atoms with E-state index in [9.17, 15) is 4.39 Å². The zero-order valence-electron chi connectivity index (χ0n) is 6.55. The summed E-state index contributed by atoms with van der Waals surface area (Å²) >= 11 is 0. The maximum absolute atomic E-state index is 13.0. The standard InChI is InChI=1S/C10H8FN/c1-12-10-5-4-8(6-9(10)11)7-2-3-7/h4-7H,2-3H2. The van der Waals surface area contributed by atoms with Crippen LogP contribution in [0.1, 0.15) is 24.3 Å². The zero-order chi connectivity index (χ0) is 8.55. The van der Waals surface area contributed by atoms with Gasteiger partial charge in [-0.2, -0.15) is 0 Å². The van der Waals surface area contributed by atoms with Gasteiger partial charge in [-0.15, -0.1) is 0 Å². The van der Waals surface area contributed by atoms with Crippen LogP contribution in [0.25, 0.3) is 4.85 Å². The van der Waals surface area contributed by atoms with E-state index in [1.54, 1.807) is 6.07 Å². The normalized spacial score (nSPS) is 15.7. The summed E-state index contributed by atoms with van der Waals surface area (Å²) < 4.78 is 13.0. The third-order valence-corrected chi connectivity index (χ3v) is 2.14. The summed E-state index contributed by atoms with van der Waals surface area (Å²) in [6.45, 7) is 6.66. The fourth-order valence-corrected chi connectivity index (χ4v) is 1.28. The van der Waals surface area contributed by atoms with Gasteiger partial charge in [-0.25, -0.2) is 9.24 Å². The van der Waals surface area contributed by atoms with Crippen molar-refractivity contribution in [2.24, 2.45) is 0 Å². The third kappa shape index (κ3) is 1.18. The Labute approximate surface area is 70.7 Å². The van der Waals surface area contributed by atoms with Crippen molar-refractivity contribution >= 4 is 5.69 Å². The largest absolute Gasteiger partial charge is 0.235 e. The average molecular weight is 161 g/mol. The lowest BCUT2D eigenvalue weighted by Gasteiger charge is -1.98. The van der Waals surface area contributed by atoms with Crippen molar-refractivity contribution in [3.05, 3.63) is 41.0 Å². The molecule has 0 amide bonds. The summed E-state index contributed by atoms with van der Waals surface area (Å²) in [5.74, 6) is 0.175. The Kier molecular flexibility index (Phi) is 1.58. The van der Waals surface area contributed by atoms with Crippen molar-refractivity contribution in [2.75, 3.05) is 0 Å². The quantitative estimate of drug-likeness (QED) is 0.557. The van der Waals surface area contributed by atoms with Crippen LogP contribution in [0.4, 0.5) is 10.1 Å². The topological polar surface area (TPSA) is 4.36 Å². The molecule has 2 rings (SSSR count). The van der Waals surface area contributed by atoms with Gasteiger partial charge in [0.2, 0.25) is 5.69 Å². The number of hydrogen-bond acceptors (Lipinski definition) is 0. The van der Waals surface area contributed by atoms with Crippen LogP contribution in [-0.2, 0) is 0 Å². The fraction of sp³-hybridized carbons (Fsp3) is 0.300. The molecule has 0 aromatic heterocycles. The van der Waals surface area contributed by atoms with Gasteiger partial charge in [-0.3, -0.25) is 0 Å². The van der Waals surface area contributed by atoms with E-state index in [-0.39, 0.29) is 11.5 Å². The molecule has 0 aliphatic heterocycles. The van der Waals surface area contributed by atoms with E-state index in [1.165, 1.54) is 6.07 Å². The summed E-state index contributed by atoms with van der Waals surface area (Å²) in [5, 5.41) is 0. The monoisotopic (exact) mass is 161 g/mol. The maximum Gasteiger partial charge on any atom is 0.222 e. The van der Waals surface area contributed by atoms with Crippen molar-refractivity contribution in [2.45, 2.75) is 18.8 Å². The molecule has 12 heavy (non-hydrogen) atoms. The van der Waals surface area contributed by atoms with Gasteiger partial charge in [0.05, 0.1) is 6.57 Å². The lowest BCUT2D eigenvalue weighted by Crippen LogP contribution is -1.81. The average Bonchev–Trinajstić information content (AvgIpc) is 2.86. The highest BCUT2D eigenvalue weighted by Crippen LogP contribution is 2.40. The van der Waals surface area contributed by atoms with E-state index in [2.05, 4.69) is 4.85 Å². The molecule has 0 heterocycles. The molecule has 0 atom stereocenters. The molecular formula is C10H8FN. The number of halogens is 1. The Morgan fingerprint density at radius 2 is 2.17 bits per heavy atom. The van der Waals surface area contributed by atoms with Gasteiger partial charge in [0.15, 0.2) is 0 Å². The van der Waals surface area contributed by atoms with Gasteiger partial charge in [0.1, 0.15) is 5.82 Å². The van der Waals surface area contributed by atoms with Crippen LogP contribution in [0.5, 0.6) is 0 Å². The molecule has 2 heteroatoms. The van der Waals surface area contributed by atoms with Crippen molar-refractivity contribution in [3.63, 3.8) is 0 Å². The van der Waals surface area contributed by atoms with Crippen molar-refractivity contribution in [1.29, 1.82) is 0 Å². The molecule has 60 valence electrons. The third-order valence-electron chi connectivity index (χ3n) is 2.14. The van der Waals surface area contributed by atoms with Crippen LogP contribution in [0.3, 0.4) is 0 Å². The molecule has 1 fully saturated rings. The first kappa shape index (κ1) is 7.30. The van der Waals surface area contributed by atoms with Crippen LogP contribution in [0, 0.1) is 12.4 Å².